The molecule has 3 nitrogen and oxygen atoms in total. The van der Waals surface area contributed by atoms with Crippen LogP contribution in [0, 0.1) is 11.3 Å². The van der Waals surface area contributed by atoms with E-state index in [1.807, 2.05) is 0 Å². The molecule has 0 spiro atoms. The molecule has 1 aromatic rings. The maximum atomic E-state index is 9.72. The van der Waals surface area contributed by atoms with E-state index in [1.54, 1.807) is 0 Å². The second-order valence-electron chi connectivity index (χ2n) is 6.84. The maximum Gasteiger partial charge on any atom is 0.0890 e. The first-order valence-corrected chi connectivity index (χ1v) is 7.71. The molecule has 0 unspecified atom stereocenters. The number of hydrogen-bond donors (Lipinski definition) is 1. The Bertz CT molecular complexity index is 535. The number of rotatable bonds is 3. The summed E-state index contributed by atoms with van der Waals surface area (Å²) in [6.07, 6.45) is 4.40. The summed E-state index contributed by atoms with van der Waals surface area (Å²) < 4.78 is 6.18. The van der Waals surface area contributed by atoms with E-state index >= 15 is 0 Å². The van der Waals surface area contributed by atoms with Crippen LogP contribution in [0.4, 0.5) is 5.69 Å². The topological polar surface area (TPSA) is 32.7 Å². The van der Waals surface area contributed by atoms with Gasteiger partial charge in [0.25, 0.3) is 0 Å². The number of nitrogens with zero attached hydrogens (tertiary/aromatic N) is 1. The molecule has 114 valence electrons. The standard InChI is InChI=1S/C18H25NO2/c1-13-8-9-18(11-20)10-16(13)17(21-12-18)14-4-6-15(7-5-14)19(2)3/h4-8,16-17,20H,9-12H2,1-3H3/t16-,17+,18+/m1/s1. The van der Waals surface area contributed by atoms with E-state index in [4.69, 9.17) is 4.74 Å². The number of allylic oxidation sites excluding steroid dienone is 1. The number of aliphatic hydroxyl groups is 1. The van der Waals surface area contributed by atoms with Gasteiger partial charge in [0.15, 0.2) is 0 Å². The van der Waals surface area contributed by atoms with Crippen LogP contribution < -0.4 is 4.90 Å². The molecule has 0 aromatic heterocycles. The van der Waals surface area contributed by atoms with Crippen molar-refractivity contribution in [3.8, 4) is 0 Å². The van der Waals surface area contributed by atoms with Gasteiger partial charge < -0.3 is 14.7 Å². The summed E-state index contributed by atoms with van der Waals surface area (Å²) in [4.78, 5) is 2.11. The molecule has 1 saturated heterocycles. The Kier molecular flexibility index (Phi) is 3.80. The van der Waals surface area contributed by atoms with Crippen LogP contribution >= 0.6 is 0 Å². The third kappa shape index (κ3) is 2.60. The molecule has 1 heterocycles. The molecule has 3 atom stereocenters. The third-order valence-corrected chi connectivity index (χ3v) is 5.10. The molecule has 1 aliphatic carbocycles. The Morgan fingerprint density at radius 2 is 2.00 bits per heavy atom. The third-order valence-electron chi connectivity index (χ3n) is 5.10. The molecule has 1 N–H and O–H groups in total. The molecular weight excluding hydrogens is 262 g/mol. The number of benzene rings is 1. The minimum atomic E-state index is -0.0513. The SMILES string of the molecule is CC1=CC[C@]2(CO)CO[C@@H](c3ccc(N(C)C)cc3)[C@@H]1C2. The van der Waals surface area contributed by atoms with Gasteiger partial charge in [-0.2, -0.15) is 0 Å². The van der Waals surface area contributed by atoms with Gasteiger partial charge in [0, 0.05) is 31.1 Å². The van der Waals surface area contributed by atoms with Crippen molar-refractivity contribution in [1.82, 2.24) is 0 Å². The van der Waals surface area contributed by atoms with E-state index in [0.29, 0.717) is 12.5 Å². The van der Waals surface area contributed by atoms with E-state index in [-0.39, 0.29) is 18.1 Å². The first-order valence-electron chi connectivity index (χ1n) is 7.71. The van der Waals surface area contributed by atoms with Gasteiger partial charge >= 0.3 is 0 Å². The molecule has 0 saturated carbocycles. The number of fused-ring (bicyclic) bond motifs is 2. The maximum absolute atomic E-state index is 9.72. The second-order valence-corrected chi connectivity index (χ2v) is 6.84. The first kappa shape index (κ1) is 14.6. The predicted molar refractivity (Wildman–Crippen MR) is 85.5 cm³/mol. The minimum Gasteiger partial charge on any atom is -0.396 e. The van der Waals surface area contributed by atoms with Crippen LogP contribution in [-0.4, -0.2) is 32.4 Å². The van der Waals surface area contributed by atoms with Gasteiger partial charge in [-0.05, 0) is 37.5 Å². The normalized spacial score (nSPS) is 31.7. The van der Waals surface area contributed by atoms with Gasteiger partial charge in [0.1, 0.15) is 0 Å². The fraction of sp³-hybridized carbons (Fsp3) is 0.556. The highest BCUT2D eigenvalue weighted by Crippen LogP contribution is 2.50. The monoisotopic (exact) mass is 287 g/mol. The molecule has 0 radical (unpaired) electrons. The van der Waals surface area contributed by atoms with E-state index in [1.165, 1.54) is 16.8 Å². The highest BCUT2D eigenvalue weighted by atomic mass is 16.5. The lowest BCUT2D eigenvalue weighted by Crippen LogP contribution is -2.43. The van der Waals surface area contributed by atoms with Crippen LogP contribution in [0.2, 0.25) is 0 Å². The highest BCUT2D eigenvalue weighted by molar-refractivity contribution is 5.46. The van der Waals surface area contributed by atoms with Crippen LogP contribution in [0.25, 0.3) is 0 Å². The van der Waals surface area contributed by atoms with Crippen LogP contribution in [0.15, 0.2) is 35.9 Å². The summed E-state index contributed by atoms with van der Waals surface area (Å²) in [5.41, 5.74) is 3.80. The summed E-state index contributed by atoms with van der Waals surface area (Å²) in [5.74, 6) is 0.393. The Labute approximate surface area is 127 Å². The van der Waals surface area contributed by atoms with Crippen molar-refractivity contribution >= 4 is 5.69 Å². The number of anilines is 1. The van der Waals surface area contributed by atoms with E-state index < -0.39 is 0 Å². The molecular formula is C18H25NO2. The van der Waals surface area contributed by atoms with Crippen molar-refractivity contribution in [2.24, 2.45) is 11.3 Å². The van der Waals surface area contributed by atoms with Gasteiger partial charge in [-0.15, -0.1) is 0 Å². The van der Waals surface area contributed by atoms with Gasteiger partial charge in [0.05, 0.1) is 19.3 Å². The van der Waals surface area contributed by atoms with Crippen molar-refractivity contribution in [1.29, 1.82) is 0 Å². The quantitative estimate of drug-likeness (QED) is 0.867. The molecule has 1 aromatic carbocycles. The molecule has 1 fully saturated rings. The molecule has 2 bridgehead atoms. The van der Waals surface area contributed by atoms with Gasteiger partial charge in [-0.25, -0.2) is 0 Å². The second kappa shape index (κ2) is 5.47. The lowest BCUT2D eigenvalue weighted by molar-refractivity contribution is -0.113. The van der Waals surface area contributed by atoms with Crippen molar-refractivity contribution in [3.05, 3.63) is 41.5 Å². The lowest BCUT2D eigenvalue weighted by Gasteiger charge is -2.47. The molecule has 3 heteroatoms. The van der Waals surface area contributed by atoms with Crippen molar-refractivity contribution in [2.45, 2.75) is 25.9 Å². The fourth-order valence-electron chi connectivity index (χ4n) is 3.55. The zero-order chi connectivity index (χ0) is 15.0. The van der Waals surface area contributed by atoms with Crippen LogP contribution in [-0.2, 0) is 4.74 Å². The van der Waals surface area contributed by atoms with Crippen LogP contribution in [0.1, 0.15) is 31.4 Å². The average molecular weight is 287 g/mol. The lowest BCUT2D eigenvalue weighted by atomic mass is 9.67. The summed E-state index contributed by atoms with van der Waals surface area (Å²) in [6.45, 7) is 3.07. The Balaban J connectivity index is 1.86. The highest BCUT2D eigenvalue weighted by Gasteiger charge is 2.44. The fourth-order valence-corrected chi connectivity index (χ4v) is 3.55. The summed E-state index contributed by atoms with van der Waals surface area (Å²) in [6, 6.07) is 8.64. The molecule has 1 aliphatic heterocycles. The summed E-state index contributed by atoms with van der Waals surface area (Å²) in [5, 5.41) is 9.72. The predicted octanol–water partition coefficient (Wildman–Crippen LogP) is 3.16. The Hall–Kier alpha value is -1.32. The Morgan fingerprint density at radius 3 is 2.62 bits per heavy atom. The van der Waals surface area contributed by atoms with Crippen molar-refractivity contribution in [2.75, 3.05) is 32.2 Å². The van der Waals surface area contributed by atoms with Crippen LogP contribution in [0.5, 0.6) is 0 Å². The smallest absolute Gasteiger partial charge is 0.0890 e. The number of ether oxygens (including phenoxy) is 1. The summed E-state index contributed by atoms with van der Waals surface area (Å²) >= 11 is 0. The van der Waals surface area contributed by atoms with E-state index in [9.17, 15) is 5.11 Å². The van der Waals surface area contributed by atoms with Crippen LogP contribution in [0.3, 0.4) is 0 Å². The zero-order valence-electron chi connectivity index (χ0n) is 13.2. The van der Waals surface area contributed by atoms with E-state index in [0.717, 1.165) is 12.8 Å². The minimum absolute atomic E-state index is 0.0513. The molecule has 3 rings (SSSR count). The van der Waals surface area contributed by atoms with Gasteiger partial charge in [0.2, 0.25) is 0 Å². The van der Waals surface area contributed by atoms with Crippen molar-refractivity contribution in [3.63, 3.8) is 0 Å². The van der Waals surface area contributed by atoms with E-state index in [2.05, 4.69) is 56.3 Å². The average Bonchev–Trinajstić information content (AvgIpc) is 2.52. The van der Waals surface area contributed by atoms with Crippen molar-refractivity contribution < 1.29 is 9.84 Å². The number of hydrogen-bond acceptors (Lipinski definition) is 3. The first-order chi connectivity index (χ1) is 10.0. The molecule has 0 amide bonds. The van der Waals surface area contributed by atoms with Gasteiger partial charge in [-0.1, -0.05) is 23.8 Å². The summed E-state index contributed by atoms with van der Waals surface area (Å²) in [7, 11) is 4.10. The zero-order valence-corrected chi connectivity index (χ0v) is 13.2. The molecule has 21 heavy (non-hydrogen) atoms. The Morgan fingerprint density at radius 1 is 1.29 bits per heavy atom. The molecule has 2 aliphatic rings. The van der Waals surface area contributed by atoms with Gasteiger partial charge in [-0.3, -0.25) is 0 Å². The largest absolute Gasteiger partial charge is 0.396 e. The number of aliphatic hydroxyl groups excluding tert-OH is 1.